The Labute approximate surface area is 212 Å². The zero-order chi connectivity index (χ0) is 25.7. The van der Waals surface area contributed by atoms with Crippen LogP contribution in [-0.4, -0.2) is 35.1 Å². The van der Waals surface area contributed by atoms with Crippen LogP contribution in [0.2, 0.25) is 0 Å². The van der Waals surface area contributed by atoms with Crippen LogP contribution in [0.3, 0.4) is 0 Å². The van der Waals surface area contributed by atoms with Crippen LogP contribution >= 0.6 is 0 Å². The second-order valence-electron chi connectivity index (χ2n) is 8.81. The van der Waals surface area contributed by atoms with Crippen molar-refractivity contribution in [2.45, 2.75) is 6.92 Å². The van der Waals surface area contributed by atoms with Gasteiger partial charge in [-0.05, 0) is 77.7 Å². The van der Waals surface area contributed by atoms with E-state index in [0.29, 0.717) is 40.3 Å². The summed E-state index contributed by atoms with van der Waals surface area (Å²) in [5, 5.41) is 2.30. The van der Waals surface area contributed by atoms with Crippen LogP contribution in [0, 0.1) is 0 Å². The van der Waals surface area contributed by atoms with E-state index in [2.05, 4.69) is 5.32 Å². The number of carbonyl (C=O) groups is 4. The number of benzene rings is 4. The van der Waals surface area contributed by atoms with Crippen molar-refractivity contribution in [3.63, 3.8) is 0 Å². The van der Waals surface area contributed by atoms with Crippen LogP contribution in [0.15, 0.2) is 84.9 Å². The highest BCUT2D eigenvalue weighted by Crippen LogP contribution is 2.32. The maximum absolute atomic E-state index is 12.5. The molecule has 4 aromatic carbocycles. The summed E-state index contributed by atoms with van der Waals surface area (Å²) in [6.45, 7) is 2.13. The lowest BCUT2D eigenvalue weighted by molar-refractivity contribution is 0.0661. The minimum atomic E-state index is -0.381. The third kappa shape index (κ3) is 3.77. The molecule has 2 aliphatic rings. The number of imide groups is 2. The minimum Gasteiger partial charge on any atom is -0.457 e. The lowest BCUT2D eigenvalue weighted by atomic mass is 10.00. The lowest BCUT2D eigenvalue weighted by Crippen LogP contribution is -2.29. The van der Waals surface area contributed by atoms with Crippen molar-refractivity contribution in [1.82, 2.24) is 10.2 Å². The molecule has 1 N–H and O–H groups in total. The average Bonchev–Trinajstić information content (AvgIpc) is 3.35. The quantitative estimate of drug-likeness (QED) is 0.384. The van der Waals surface area contributed by atoms with E-state index in [-0.39, 0.29) is 23.6 Å². The number of carbonyl (C=O) groups excluding carboxylic acids is 4. The molecule has 0 saturated carbocycles. The van der Waals surface area contributed by atoms with E-state index in [4.69, 9.17) is 4.74 Å². The topological polar surface area (TPSA) is 92.8 Å². The molecule has 7 heteroatoms. The number of nitrogens with zero attached hydrogens (tertiary/aromatic N) is 1. The number of amides is 4. The van der Waals surface area contributed by atoms with Crippen LogP contribution < -0.4 is 10.1 Å². The van der Waals surface area contributed by atoms with Crippen LogP contribution in [0.25, 0.3) is 22.3 Å². The van der Waals surface area contributed by atoms with E-state index in [1.807, 2.05) is 60.7 Å². The lowest BCUT2D eigenvalue weighted by Gasteiger charge is -2.09. The van der Waals surface area contributed by atoms with Gasteiger partial charge in [-0.1, -0.05) is 36.4 Å². The van der Waals surface area contributed by atoms with Crippen LogP contribution in [0.5, 0.6) is 11.5 Å². The molecule has 0 saturated heterocycles. The molecule has 6 rings (SSSR count). The number of hydrogen-bond donors (Lipinski definition) is 1. The fourth-order valence-corrected chi connectivity index (χ4v) is 4.67. The van der Waals surface area contributed by atoms with E-state index < -0.39 is 0 Å². The molecule has 0 radical (unpaired) electrons. The van der Waals surface area contributed by atoms with Gasteiger partial charge in [0.05, 0.1) is 22.3 Å². The molecule has 0 unspecified atom stereocenters. The Morgan fingerprint density at radius 3 is 1.59 bits per heavy atom. The Bertz CT molecular complexity index is 1620. The van der Waals surface area contributed by atoms with Gasteiger partial charge in [0.1, 0.15) is 11.5 Å². The molecule has 2 heterocycles. The van der Waals surface area contributed by atoms with E-state index in [1.54, 1.807) is 31.2 Å². The molecule has 180 valence electrons. The van der Waals surface area contributed by atoms with E-state index in [1.165, 1.54) is 4.90 Å². The Morgan fingerprint density at radius 1 is 0.568 bits per heavy atom. The van der Waals surface area contributed by atoms with Gasteiger partial charge in [0.2, 0.25) is 0 Å². The second-order valence-corrected chi connectivity index (χ2v) is 8.81. The van der Waals surface area contributed by atoms with Gasteiger partial charge in [-0.3, -0.25) is 29.4 Å². The normalized spacial score (nSPS) is 14.0. The van der Waals surface area contributed by atoms with Crippen molar-refractivity contribution in [3.05, 3.63) is 107 Å². The highest BCUT2D eigenvalue weighted by atomic mass is 16.5. The molecule has 0 aliphatic carbocycles. The van der Waals surface area contributed by atoms with Gasteiger partial charge in [-0.15, -0.1) is 0 Å². The first kappa shape index (κ1) is 22.4. The summed E-state index contributed by atoms with van der Waals surface area (Å²) < 4.78 is 5.98. The molecule has 0 bridgehead atoms. The third-order valence-electron chi connectivity index (χ3n) is 6.63. The smallest absolute Gasteiger partial charge is 0.261 e. The Kier molecular flexibility index (Phi) is 5.19. The standard InChI is InChI=1S/C30H20N2O5/c1-2-32-29(35)24-14-8-20(16-26(24)30(32)36)18-5-11-22(12-6-18)37-21-9-3-17(4-10-21)19-7-13-23-25(15-19)28(34)31-27(23)33/h3-16H,2H2,1H3,(H,31,33,34). The molecular weight excluding hydrogens is 468 g/mol. The Hall–Kier alpha value is -5.04. The number of hydrogen-bond acceptors (Lipinski definition) is 5. The zero-order valence-corrected chi connectivity index (χ0v) is 19.8. The van der Waals surface area contributed by atoms with Gasteiger partial charge < -0.3 is 4.74 Å². The van der Waals surface area contributed by atoms with E-state index in [0.717, 1.165) is 22.3 Å². The Balaban J connectivity index is 1.18. The van der Waals surface area contributed by atoms with Crippen molar-refractivity contribution >= 4 is 23.6 Å². The van der Waals surface area contributed by atoms with Crippen molar-refractivity contribution in [2.24, 2.45) is 0 Å². The van der Waals surface area contributed by atoms with Gasteiger partial charge in [0, 0.05) is 6.54 Å². The van der Waals surface area contributed by atoms with Gasteiger partial charge in [-0.2, -0.15) is 0 Å². The molecule has 4 amide bonds. The first-order chi connectivity index (χ1) is 17.9. The SMILES string of the molecule is CCN1C(=O)c2ccc(-c3ccc(Oc4ccc(-c5ccc6c(c5)C(=O)NC6=O)cc4)cc3)cc2C1=O. The maximum atomic E-state index is 12.5. The summed E-state index contributed by atoms with van der Waals surface area (Å²) in [5.41, 5.74) is 5.11. The molecule has 37 heavy (non-hydrogen) atoms. The van der Waals surface area contributed by atoms with Crippen molar-refractivity contribution in [2.75, 3.05) is 6.54 Å². The largest absolute Gasteiger partial charge is 0.457 e. The van der Waals surface area contributed by atoms with Gasteiger partial charge in [0.15, 0.2) is 0 Å². The van der Waals surface area contributed by atoms with Crippen LogP contribution in [-0.2, 0) is 0 Å². The van der Waals surface area contributed by atoms with E-state index in [9.17, 15) is 19.2 Å². The summed E-state index contributed by atoms with van der Waals surface area (Å²) in [6, 6.07) is 25.5. The number of nitrogens with one attached hydrogen (secondary N) is 1. The van der Waals surface area contributed by atoms with Gasteiger partial charge in [0.25, 0.3) is 23.6 Å². The van der Waals surface area contributed by atoms with Crippen LogP contribution in [0.4, 0.5) is 0 Å². The molecular formula is C30H20N2O5. The predicted octanol–water partition coefficient (Wildman–Crippen LogP) is 5.31. The highest BCUT2D eigenvalue weighted by Gasteiger charge is 2.34. The number of fused-ring (bicyclic) bond motifs is 2. The monoisotopic (exact) mass is 488 g/mol. The zero-order valence-electron chi connectivity index (χ0n) is 19.8. The molecule has 0 atom stereocenters. The maximum Gasteiger partial charge on any atom is 0.261 e. The van der Waals surface area contributed by atoms with Crippen molar-refractivity contribution in [1.29, 1.82) is 0 Å². The average molecular weight is 488 g/mol. The molecule has 2 aliphatic heterocycles. The fraction of sp³-hybridized carbons (Fsp3) is 0.0667. The molecule has 4 aromatic rings. The Morgan fingerprint density at radius 2 is 1.03 bits per heavy atom. The van der Waals surface area contributed by atoms with Crippen LogP contribution in [0.1, 0.15) is 48.4 Å². The fourth-order valence-electron chi connectivity index (χ4n) is 4.67. The summed E-state index contributed by atoms with van der Waals surface area (Å²) >= 11 is 0. The first-order valence-corrected chi connectivity index (χ1v) is 11.8. The third-order valence-corrected chi connectivity index (χ3v) is 6.63. The number of ether oxygens (including phenoxy) is 1. The molecule has 0 spiro atoms. The second kappa shape index (κ2) is 8.57. The van der Waals surface area contributed by atoms with Crippen molar-refractivity contribution in [3.8, 4) is 33.8 Å². The predicted molar refractivity (Wildman–Crippen MR) is 137 cm³/mol. The minimum absolute atomic E-state index is 0.249. The summed E-state index contributed by atoms with van der Waals surface area (Å²) in [4.78, 5) is 49.8. The number of rotatable bonds is 5. The van der Waals surface area contributed by atoms with Gasteiger partial charge in [-0.25, -0.2) is 0 Å². The summed E-state index contributed by atoms with van der Waals surface area (Å²) in [6.07, 6.45) is 0. The molecule has 7 nitrogen and oxygen atoms in total. The van der Waals surface area contributed by atoms with Gasteiger partial charge >= 0.3 is 0 Å². The molecule has 0 fully saturated rings. The first-order valence-electron chi connectivity index (χ1n) is 11.8. The summed E-state index contributed by atoms with van der Waals surface area (Å²) in [5.74, 6) is 0.0306. The molecule has 0 aromatic heterocycles. The summed E-state index contributed by atoms with van der Waals surface area (Å²) in [7, 11) is 0. The van der Waals surface area contributed by atoms with Crippen molar-refractivity contribution < 1.29 is 23.9 Å². The highest BCUT2D eigenvalue weighted by molar-refractivity contribution is 6.22. The van der Waals surface area contributed by atoms with E-state index >= 15 is 0 Å².